The number of fused-ring (bicyclic) bond motifs is 1. The Morgan fingerprint density at radius 1 is 1.09 bits per heavy atom. The molecule has 0 radical (unpaired) electrons. The quantitative estimate of drug-likeness (QED) is 0.434. The van der Waals surface area contributed by atoms with E-state index in [1.54, 1.807) is 15.8 Å². The molecule has 12 nitrogen and oxygen atoms in total. The predicted octanol–water partition coefficient (Wildman–Crippen LogP) is 3.47. The average molecular weight is 478 g/mol. The zero-order chi connectivity index (χ0) is 24.6. The molecule has 0 saturated carbocycles. The summed E-state index contributed by atoms with van der Waals surface area (Å²) >= 11 is 0. The van der Waals surface area contributed by atoms with Gasteiger partial charge in [-0.05, 0) is 75.2 Å². The molecule has 4 aromatic rings. The first-order valence-electron chi connectivity index (χ1n) is 11.5. The van der Waals surface area contributed by atoms with E-state index in [0.717, 1.165) is 23.9 Å². The summed E-state index contributed by atoms with van der Waals surface area (Å²) < 4.78 is 15.1. The van der Waals surface area contributed by atoms with Crippen molar-refractivity contribution in [3.05, 3.63) is 42.6 Å². The van der Waals surface area contributed by atoms with Crippen LogP contribution in [0.15, 0.2) is 36.8 Å². The number of nitrogens with zero attached hydrogens (tertiary/aromatic N) is 9. The largest absolute Gasteiger partial charge is 0.444 e. The average Bonchev–Trinajstić information content (AvgIpc) is 3.45. The van der Waals surface area contributed by atoms with Gasteiger partial charge in [-0.15, -0.1) is 5.10 Å². The molecule has 0 aliphatic carbocycles. The van der Waals surface area contributed by atoms with Crippen molar-refractivity contribution >= 4 is 17.1 Å². The fourth-order valence-corrected chi connectivity index (χ4v) is 4.05. The molecular weight excluding hydrogens is 450 g/mol. The van der Waals surface area contributed by atoms with Gasteiger partial charge in [0.1, 0.15) is 23.1 Å². The SMILES string of the molecule is Cc1nnnn1-c1ccc(Oc2ncnc3c2cnn3C2CCN(C(=O)OC(C)(C)C)CC2)cc1. The van der Waals surface area contributed by atoms with Crippen LogP contribution >= 0.6 is 0 Å². The van der Waals surface area contributed by atoms with E-state index in [4.69, 9.17) is 9.47 Å². The first-order chi connectivity index (χ1) is 16.8. The maximum absolute atomic E-state index is 12.4. The number of piperidine rings is 1. The first kappa shape index (κ1) is 22.7. The number of benzene rings is 1. The Hall–Kier alpha value is -4.09. The monoisotopic (exact) mass is 477 g/mol. The number of likely N-dealkylation sites (tertiary alicyclic amines) is 1. The summed E-state index contributed by atoms with van der Waals surface area (Å²) in [4.78, 5) is 22.9. The van der Waals surface area contributed by atoms with Gasteiger partial charge in [0.25, 0.3) is 0 Å². The second-order valence-electron chi connectivity index (χ2n) is 9.44. The number of aryl methyl sites for hydroxylation is 1. The molecule has 0 N–H and O–H groups in total. The maximum atomic E-state index is 12.4. The number of hydrogen-bond acceptors (Lipinski definition) is 9. The predicted molar refractivity (Wildman–Crippen MR) is 125 cm³/mol. The minimum atomic E-state index is -0.508. The molecule has 0 bridgehead atoms. The van der Waals surface area contributed by atoms with Gasteiger partial charge < -0.3 is 14.4 Å². The third-order valence-corrected chi connectivity index (χ3v) is 5.74. The van der Waals surface area contributed by atoms with Gasteiger partial charge in [-0.2, -0.15) is 9.78 Å². The third kappa shape index (κ3) is 4.77. The van der Waals surface area contributed by atoms with Gasteiger partial charge in [-0.1, -0.05) is 0 Å². The van der Waals surface area contributed by atoms with Crippen LogP contribution in [0.3, 0.4) is 0 Å². The summed E-state index contributed by atoms with van der Waals surface area (Å²) in [6.07, 6.45) is 4.44. The smallest absolute Gasteiger partial charge is 0.410 e. The van der Waals surface area contributed by atoms with Crippen LogP contribution in [0.2, 0.25) is 0 Å². The normalized spacial score (nSPS) is 14.9. The van der Waals surface area contributed by atoms with Crippen molar-refractivity contribution in [2.45, 2.75) is 52.2 Å². The van der Waals surface area contributed by atoms with E-state index < -0.39 is 5.60 Å². The standard InChI is InChI=1S/C23H27N9O3/c1-15-27-28-29-31(15)16-5-7-18(8-6-16)34-21-19-13-26-32(20(19)24-14-25-21)17-9-11-30(12-10-17)22(33)35-23(2,3)4/h5-8,13-14,17H,9-12H2,1-4H3. The Bertz CT molecular complexity index is 1330. The minimum absolute atomic E-state index is 0.118. The molecule has 182 valence electrons. The van der Waals surface area contributed by atoms with E-state index in [-0.39, 0.29) is 12.1 Å². The molecule has 35 heavy (non-hydrogen) atoms. The summed E-state index contributed by atoms with van der Waals surface area (Å²) in [5.74, 6) is 1.75. The highest BCUT2D eigenvalue weighted by molar-refractivity contribution is 5.80. The summed E-state index contributed by atoms with van der Waals surface area (Å²) in [6, 6.07) is 7.54. The van der Waals surface area contributed by atoms with Gasteiger partial charge in [0, 0.05) is 13.1 Å². The van der Waals surface area contributed by atoms with E-state index in [1.807, 2.05) is 56.6 Å². The highest BCUT2D eigenvalue weighted by atomic mass is 16.6. The van der Waals surface area contributed by atoms with E-state index >= 15 is 0 Å². The van der Waals surface area contributed by atoms with Crippen LogP contribution in [-0.2, 0) is 4.74 Å². The lowest BCUT2D eigenvalue weighted by Gasteiger charge is -2.33. The van der Waals surface area contributed by atoms with Crippen molar-refractivity contribution in [1.29, 1.82) is 0 Å². The second-order valence-corrected chi connectivity index (χ2v) is 9.44. The van der Waals surface area contributed by atoms with Crippen LogP contribution in [0, 0.1) is 6.92 Å². The molecule has 1 amide bonds. The van der Waals surface area contributed by atoms with E-state index in [0.29, 0.717) is 36.2 Å². The fourth-order valence-electron chi connectivity index (χ4n) is 4.05. The van der Waals surface area contributed by atoms with Crippen LogP contribution in [-0.4, -0.2) is 69.6 Å². The summed E-state index contributed by atoms with van der Waals surface area (Å²) in [5, 5.41) is 16.9. The lowest BCUT2D eigenvalue weighted by Crippen LogP contribution is -2.42. The number of amides is 1. The number of carbonyl (C=O) groups is 1. The van der Waals surface area contributed by atoms with Crippen LogP contribution in [0.5, 0.6) is 11.6 Å². The van der Waals surface area contributed by atoms with Gasteiger partial charge in [-0.3, -0.25) is 0 Å². The summed E-state index contributed by atoms with van der Waals surface area (Å²) in [6.45, 7) is 8.65. The van der Waals surface area contributed by atoms with Crippen molar-refractivity contribution in [2.75, 3.05) is 13.1 Å². The molecule has 1 aromatic carbocycles. The second kappa shape index (κ2) is 8.93. The van der Waals surface area contributed by atoms with Crippen molar-refractivity contribution in [2.24, 2.45) is 0 Å². The molecule has 0 spiro atoms. The van der Waals surface area contributed by atoms with Crippen molar-refractivity contribution in [3.8, 4) is 17.3 Å². The Kier molecular flexibility index (Phi) is 5.79. The Labute approximate surface area is 201 Å². The molecule has 1 aliphatic rings. The zero-order valence-corrected chi connectivity index (χ0v) is 20.1. The summed E-state index contributed by atoms with van der Waals surface area (Å²) in [7, 11) is 0. The number of aromatic nitrogens is 8. The Morgan fingerprint density at radius 3 is 2.49 bits per heavy atom. The topological polar surface area (TPSA) is 126 Å². The van der Waals surface area contributed by atoms with Gasteiger partial charge in [-0.25, -0.2) is 19.4 Å². The van der Waals surface area contributed by atoms with Gasteiger partial charge in [0.2, 0.25) is 5.88 Å². The highest BCUT2D eigenvalue weighted by Crippen LogP contribution is 2.31. The molecule has 4 heterocycles. The molecule has 3 aromatic heterocycles. The van der Waals surface area contributed by atoms with Crippen molar-refractivity contribution in [1.82, 2.24) is 44.9 Å². The Balaban J connectivity index is 1.29. The fraction of sp³-hybridized carbons (Fsp3) is 0.435. The lowest BCUT2D eigenvalue weighted by atomic mass is 10.1. The number of carbonyl (C=O) groups excluding carboxylic acids is 1. The number of tetrazole rings is 1. The van der Waals surface area contributed by atoms with Crippen LogP contribution in [0.4, 0.5) is 4.79 Å². The van der Waals surface area contributed by atoms with Crippen molar-refractivity contribution in [3.63, 3.8) is 0 Å². The molecule has 1 saturated heterocycles. The van der Waals surface area contributed by atoms with E-state index in [1.165, 1.54) is 6.33 Å². The third-order valence-electron chi connectivity index (χ3n) is 5.74. The molecule has 5 rings (SSSR count). The van der Waals surface area contributed by atoms with Gasteiger partial charge in [0.05, 0.1) is 17.9 Å². The first-order valence-corrected chi connectivity index (χ1v) is 11.5. The molecule has 0 atom stereocenters. The van der Waals surface area contributed by atoms with Crippen LogP contribution in [0.25, 0.3) is 16.7 Å². The molecular formula is C23H27N9O3. The number of rotatable bonds is 4. The molecule has 1 fully saturated rings. The molecule has 1 aliphatic heterocycles. The highest BCUT2D eigenvalue weighted by Gasteiger charge is 2.29. The molecule has 0 unspecified atom stereocenters. The number of ether oxygens (including phenoxy) is 2. The maximum Gasteiger partial charge on any atom is 0.410 e. The van der Waals surface area contributed by atoms with E-state index in [9.17, 15) is 4.79 Å². The van der Waals surface area contributed by atoms with Crippen molar-refractivity contribution < 1.29 is 14.3 Å². The lowest BCUT2D eigenvalue weighted by molar-refractivity contribution is 0.0186. The Morgan fingerprint density at radius 2 is 1.83 bits per heavy atom. The minimum Gasteiger partial charge on any atom is -0.444 e. The number of hydrogen-bond donors (Lipinski definition) is 0. The van der Waals surface area contributed by atoms with E-state index in [2.05, 4.69) is 30.6 Å². The zero-order valence-electron chi connectivity index (χ0n) is 20.1. The van der Waals surface area contributed by atoms with Gasteiger partial charge >= 0.3 is 6.09 Å². The van der Waals surface area contributed by atoms with Gasteiger partial charge in [0.15, 0.2) is 11.5 Å². The van der Waals surface area contributed by atoms with Crippen LogP contribution in [0.1, 0.15) is 45.5 Å². The van der Waals surface area contributed by atoms with Crippen LogP contribution < -0.4 is 4.74 Å². The molecule has 12 heteroatoms. The summed E-state index contributed by atoms with van der Waals surface area (Å²) in [5.41, 5.74) is 1.02.